The lowest BCUT2D eigenvalue weighted by molar-refractivity contribution is 0.0832. The molecule has 2 aliphatic rings. The minimum atomic E-state index is 0.243. The van der Waals surface area contributed by atoms with Crippen molar-refractivity contribution in [2.45, 2.75) is 19.4 Å². The third-order valence-electron chi connectivity index (χ3n) is 5.39. The number of aryl methyl sites for hydroxylation is 1. The number of hydrogen-bond donors (Lipinski definition) is 1. The molecule has 132 valence electrons. The number of benzene rings is 2. The molecule has 0 bridgehead atoms. The summed E-state index contributed by atoms with van der Waals surface area (Å²) in [6.07, 6.45) is 0.979. The highest BCUT2D eigenvalue weighted by molar-refractivity contribution is 5.48. The number of fused-ring (bicyclic) bond motifs is 2. The fourth-order valence-electron chi connectivity index (χ4n) is 4.00. The lowest BCUT2D eigenvalue weighted by atomic mass is 9.95. The van der Waals surface area contributed by atoms with Gasteiger partial charge >= 0.3 is 0 Å². The first-order chi connectivity index (χ1) is 12.2. The average Bonchev–Trinajstić information content (AvgIpc) is 2.79. The van der Waals surface area contributed by atoms with Gasteiger partial charge < -0.3 is 9.84 Å². The van der Waals surface area contributed by atoms with Gasteiger partial charge in [0, 0.05) is 44.3 Å². The maximum absolute atomic E-state index is 9.17. The summed E-state index contributed by atoms with van der Waals surface area (Å²) in [5, 5.41) is 9.17. The van der Waals surface area contributed by atoms with E-state index in [1.54, 1.807) is 0 Å². The van der Waals surface area contributed by atoms with Crippen LogP contribution in [-0.2, 0) is 6.42 Å². The van der Waals surface area contributed by atoms with Crippen molar-refractivity contribution in [3.05, 3.63) is 59.2 Å². The van der Waals surface area contributed by atoms with Gasteiger partial charge in [-0.25, -0.2) is 0 Å². The molecule has 1 N–H and O–H groups in total. The number of piperazine rings is 1. The standard InChI is InChI=1S/C21H26N2O2/c1-16-6-7-21-18(14-16)19(15-17-4-2-3-5-20(17)25-21)23-10-8-22(9-11-23)12-13-24/h2-7,14,19,24H,8-13,15H2,1H3. The second-order valence-corrected chi connectivity index (χ2v) is 7.07. The molecule has 0 radical (unpaired) electrons. The molecule has 25 heavy (non-hydrogen) atoms. The second-order valence-electron chi connectivity index (χ2n) is 7.07. The molecule has 2 aromatic carbocycles. The van der Waals surface area contributed by atoms with Gasteiger partial charge in [0.1, 0.15) is 11.5 Å². The number of nitrogens with zero attached hydrogens (tertiary/aromatic N) is 2. The zero-order chi connectivity index (χ0) is 17.2. The van der Waals surface area contributed by atoms with E-state index in [9.17, 15) is 0 Å². The van der Waals surface area contributed by atoms with E-state index >= 15 is 0 Å². The highest BCUT2D eigenvalue weighted by atomic mass is 16.5. The predicted octanol–water partition coefficient (Wildman–Crippen LogP) is 2.99. The van der Waals surface area contributed by atoms with Crippen molar-refractivity contribution >= 4 is 0 Å². The Morgan fingerprint density at radius 3 is 2.64 bits per heavy atom. The van der Waals surface area contributed by atoms with Crippen LogP contribution in [0.3, 0.4) is 0 Å². The number of aliphatic hydroxyl groups is 1. The van der Waals surface area contributed by atoms with E-state index in [4.69, 9.17) is 9.84 Å². The van der Waals surface area contributed by atoms with Crippen LogP contribution in [0.2, 0.25) is 0 Å². The minimum Gasteiger partial charge on any atom is -0.457 e. The first-order valence-corrected chi connectivity index (χ1v) is 9.18. The zero-order valence-corrected chi connectivity index (χ0v) is 14.8. The summed E-state index contributed by atoms with van der Waals surface area (Å²) in [5.74, 6) is 1.97. The summed E-state index contributed by atoms with van der Waals surface area (Å²) in [5.41, 5.74) is 3.85. The number of hydrogen-bond acceptors (Lipinski definition) is 4. The first-order valence-electron chi connectivity index (χ1n) is 9.18. The van der Waals surface area contributed by atoms with Crippen molar-refractivity contribution in [3.63, 3.8) is 0 Å². The van der Waals surface area contributed by atoms with Crippen LogP contribution in [-0.4, -0.2) is 54.2 Å². The molecule has 0 aliphatic carbocycles. The molecule has 1 unspecified atom stereocenters. The number of ether oxygens (including phenoxy) is 1. The van der Waals surface area contributed by atoms with Crippen molar-refractivity contribution in [3.8, 4) is 11.5 Å². The van der Waals surface area contributed by atoms with E-state index < -0.39 is 0 Å². The van der Waals surface area contributed by atoms with Gasteiger partial charge in [0.2, 0.25) is 0 Å². The van der Waals surface area contributed by atoms with E-state index in [2.05, 4.69) is 53.1 Å². The van der Waals surface area contributed by atoms with Crippen LogP contribution >= 0.6 is 0 Å². The molecule has 0 spiro atoms. The van der Waals surface area contributed by atoms with Crippen LogP contribution in [0.25, 0.3) is 0 Å². The maximum atomic E-state index is 9.17. The van der Waals surface area contributed by atoms with E-state index in [1.807, 2.05) is 6.07 Å². The molecule has 2 aromatic rings. The fraction of sp³-hybridized carbons (Fsp3) is 0.429. The molecular weight excluding hydrogens is 312 g/mol. The molecule has 0 aromatic heterocycles. The SMILES string of the molecule is Cc1ccc2c(c1)C(N1CCN(CCO)CC1)Cc1ccccc1O2. The molecular formula is C21H26N2O2. The maximum Gasteiger partial charge on any atom is 0.132 e. The van der Waals surface area contributed by atoms with E-state index in [1.165, 1.54) is 16.7 Å². The molecule has 0 saturated carbocycles. The van der Waals surface area contributed by atoms with Gasteiger partial charge in [0.25, 0.3) is 0 Å². The quantitative estimate of drug-likeness (QED) is 0.933. The first kappa shape index (κ1) is 16.6. The predicted molar refractivity (Wildman–Crippen MR) is 99.2 cm³/mol. The summed E-state index contributed by atoms with van der Waals surface area (Å²) in [7, 11) is 0. The van der Waals surface area contributed by atoms with Crippen molar-refractivity contribution < 1.29 is 9.84 Å². The summed E-state index contributed by atoms with van der Waals surface area (Å²) >= 11 is 0. The monoisotopic (exact) mass is 338 g/mol. The van der Waals surface area contributed by atoms with E-state index in [0.717, 1.165) is 50.6 Å². The Morgan fingerprint density at radius 1 is 1.04 bits per heavy atom. The highest BCUT2D eigenvalue weighted by Gasteiger charge is 2.30. The van der Waals surface area contributed by atoms with Crippen molar-refractivity contribution in [1.82, 2.24) is 9.80 Å². The van der Waals surface area contributed by atoms with Gasteiger partial charge in [0.15, 0.2) is 0 Å². The van der Waals surface area contributed by atoms with Crippen LogP contribution in [0.1, 0.15) is 22.7 Å². The smallest absolute Gasteiger partial charge is 0.132 e. The van der Waals surface area contributed by atoms with Crippen molar-refractivity contribution in [1.29, 1.82) is 0 Å². The van der Waals surface area contributed by atoms with Crippen LogP contribution in [0, 0.1) is 6.92 Å². The molecule has 2 heterocycles. The van der Waals surface area contributed by atoms with Gasteiger partial charge in [-0.3, -0.25) is 9.80 Å². The normalized spacial score (nSPS) is 21.1. The summed E-state index contributed by atoms with van der Waals surface area (Å²) < 4.78 is 6.27. The van der Waals surface area contributed by atoms with E-state index in [0.29, 0.717) is 6.04 Å². The van der Waals surface area contributed by atoms with Gasteiger partial charge in [-0.2, -0.15) is 0 Å². The Balaban J connectivity index is 1.65. The second kappa shape index (κ2) is 7.16. The van der Waals surface area contributed by atoms with Gasteiger partial charge in [-0.05, 0) is 31.0 Å². The van der Waals surface area contributed by atoms with E-state index in [-0.39, 0.29) is 6.61 Å². The van der Waals surface area contributed by atoms with Gasteiger partial charge in [-0.1, -0.05) is 35.9 Å². The third-order valence-corrected chi connectivity index (χ3v) is 5.39. The highest BCUT2D eigenvalue weighted by Crippen LogP contribution is 2.41. The minimum absolute atomic E-state index is 0.243. The fourth-order valence-corrected chi connectivity index (χ4v) is 4.00. The van der Waals surface area contributed by atoms with Gasteiger partial charge in [0.05, 0.1) is 6.61 Å². The Bertz CT molecular complexity index is 738. The molecule has 1 atom stereocenters. The number of aliphatic hydroxyl groups excluding tert-OH is 1. The Hall–Kier alpha value is -1.88. The van der Waals surface area contributed by atoms with Crippen LogP contribution in [0.5, 0.6) is 11.5 Å². The number of para-hydroxylation sites is 1. The molecule has 4 nitrogen and oxygen atoms in total. The number of β-amino-alcohol motifs (C(OH)–C–C–N with tert-alkyl or cyclic N) is 1. The lowest BCUT2D eigenvalue weighted by Gasteiger charge is -2.39. The number of rotatable bonds is 3. The van der Waals surface area contributed by atoms with Gasteiger partial charge in [-0.15, -0.1) is 0 Å². The molecule has 1 saturated heterocycles. The Labute approximate surface area is 149 Å². The Morgan fingerprint density at radius 2 is 1.84 bits per heavy atom. The zero-order valence-electron chi connectivity index (χ0n) is 14.8. The Kier molecular flexibility index (Phi) is 4.75. The molecule has 4 heteroatoms. The topological polar surface area (TPSA) is 35.9 Å². The molecule has 2 aliphatic heterocycles. The molecule has 1 fully saturated rings. The van der Waals surface area contributed by atoms with Crippen LogP contribution in [0.4, 0.5) is 0 Å². The molecule has 0 amide bonds. The van der Waals surface area contributed by atoms with Crippen LogP contribution in [0.15, 0.2) is 42.5 Å². The largest absolute Gasteiger partial charge is 0.457 e. The molecule has 4 rings (SSSR count). The van der Waals surface area contributed by atoms with Crippen molar-refractivity contribution in [2.24, 2.45) is 0 Å². The lowest BCUT2D eigenvalue weighted by Crippen LogP contribution is -2.48. The summed E-state index contributed by atoms with van der Waals surface area (Å²) in [6.45, 7) is 7.25. The summed E-state index contributed by atoms with van der Waals surface area (Å²) in [6, 6.07) is 15.3. The van der Waals surface area contributed by atoms with Crippen molar-refractivity contribution in [2.75, 3.05) is 39.3 Å². The third kappa shape index (κ3) is 3.43. The summed E-state index contributed by atoms with van der Waals surface area (Å²) in [4.78, 5) is 4.92. The average molecular weight is 338 g/mol. The van der Waals surface area contributed by atoms with Crippen LogP contribution < -0.4 is 4.74 Å².